The Morgan fingerprint density at radius 1 is 0.933 bits per heavy atom. The number of rotatable bonds is 18. The number of ether oxygens (including phenoxy) is 2. The molecule has 1 rings (SSSR count). The van der Waals surface area contributed by atoms with Gasteiger partial charge in [-0.1, -0.05) is 67.9 Å². The molecule has 0 unspecified atom stereocenters. The number of carbonyl (C=O) groups excluding carboxylic acids is 5. The molecule has 256 valence electrons. The van der Waals surface area contributed by atoms with Crippen molar-refractivity contribution in [3.63, 3.8) is 0 Å². The molecule has 0 saturated carbocycles. The van der Waals surface area contributed by atoms with Gasteiger partial charge in [-0.3, -0.25) is 33.8 Å². The number of methoxy groups -OCH3 is 1. The summed E-state index contributed by atoms with van der Waals surface area (Å²) in [7, 11) is 5.09. The average Bonchev–Trinajstić information content (AvgIpc) is 3.23. The fourth-order valence-corrected chi connectivity index (χ4v) is 5.36. The highest BCUT2D eigenvalue weighted by Gasteiger charge is 2.38. The van der Waals surface area contributed by atoms with Crippen molar-refractivity contribution in [3.05, 3.63) is 24.0 Å². The maximum Gasteiger partial charge on any atom is 0.324 e. The monoisotopic (exact) mass is 634 g/mol. The number of hydrogen-bond donors (Lipinski definition) is 2. The summed E-state index contributed by atoms with van der Waals surface area (Å²) in [6, 6.07) is -2.46. The molecular weight excluding hydrogens is 576 g/mol. The first-order valence-corrected chi connectivity index (χ1v) is 16.2. The fraction of sp³-hybridized carbons (Fsp3) is 0.735. The predicted octanol–water partition coefficient (Wildman–Crippen LogP) is 3.83. The molecule has 0 fully saturated rings. The van der Waals surface area contributed by atoms with Gasteiger partial charge in [-0.2, -0.15) is 0 Å². The first-order chi connectivity index (χ1) is 20.9. The molecule has 0 bridgehead atoms. The number of nitrogens with one attached hydrogen (secondary N) is 2. The Morgan fingerprint density at radius 3 is 2.02 bits per heavy atom. The van der Waals surface area contributed by atoms with Crippen molar-refractivity contribution >= 4 is 29.6 Å². The van der Waals surface area contributed by atoms with Gasteiger partial charge >= 0.3 is 5.97 Å². The summed E-state index contributed by atoms with van der Waals surface area (Å²) in [6.07, 6.45) is 5.06. The van der Waals surface area contributed by atoms with Crippen molar-refractivity contribution < 1.29 is 33.4 Å². The van der Waals surface area contributed by atoms with Crippen LogP contribution in [0.4, 0.5) is 0 Å². The highest BCUT2D eigenvalue weighted by molar-refractivity contribution is 6.07. The van der Waals surface area contributed by atoms with Crippen LogP contribution in [0.25, 0.3) is 0 Å². The molecule has 11 nitrogen and oxygen atoms in total. The second kappa shape index (κ2) is 18.7. The van der Waals surface area contributed by atoms with Crippen LogP contribution in [0.15, 0.2) is 24.0 Å². The topological polar surface area (TPSA) is 134 Å². The third-order valence-electron chi connectivity index (χ3n) is 7.77. The number of amides is 4. The molecule has 0 aromatic heterocycles. The molecular formula is C34H58N4O7. The summed E-state index contributed by atoms with van der Waals surface area (Å²) in [5.41, 5.74) is 0. The minimum Gasteiger partial charge on any atom is -0.499 e. The zero-order chi connectivity index (χ0) is 34.6. The van der Waals surface area contributed by atoms with E-state index >= 15 is 0 Å². The molecule has 4 amide bonds. The van der Waals surface area contributed by atoms with Crippen molar-refractivity contribution in [2.24, 2.45) is 23.7 Å². The van der Waals surface area contributed by atoms with Gasteiger partial charge in [0.2, 0.25) is 5.91 Å². The van der Waals surface area contributed by atoms with Gasteiger partial charge in [0.1, 0.15) is 17.8 Å². The quantitative estimate of drug-likeness (QED) is 0.172. The van der Waals surface area contributed by atoms with Gasteiger partial charge < -0.3 is 20.1 Å². The Kier molecular flexibility index (Phi) is 16.5. The largest absolute Gasteiger partial charge is 0.499 e. The molecule has 0 radical (unpaired) electrons. The van der Waals surface area contributed by atoms with Gasteiger partial charge in [0.05, 0.1) is 13.2 Å². The average molecular weight is 635 g/mol. The fourth-order valence-electron chi connectivity index (χ4n) is 5.36. The normalized spacial score (nSPS) is 18.7. The van der Waals surface area contributed by atoms with E-state index < -0.39 is 59.9 Å². The van der Waals surface area contributed by atoms with Crippen LogP contribution >= 0.6 is 0 Å². The smallest absolute Gasteiger partial charge is 0.324 e. The van der Waals surface area contributed by atoms with E-state index in [-0.39, 0.29) is 23.7 Å². The van der Waals surface area contributed by atoms with E-state index in [1.165, 1.54) is 30.2 Å². The minimum atomic E-state index is -1.05. The SMILES string of the molecule is CC[C@H](C)[C@@H](C(=O)O[C@@H](CC(C)C)C(=O)N[C@@H](CC(C)C)C(=O)N[C@@H](C)/C=C/C(=O)N1C(=O)C=C(OC)[C@@H]1CC(C)C)N(C)C. The maximum atomic E-state index is 13.5. The van der Waals surface area contributed by atoms with E-state index in [9.17, 15) is 24.0 Å². The van der Waals surface area contributed by atoms with Gasteiger partial charge in [0, 0.05) is 18.2 Å². The Labute approximate surface area is 270 Å². The van der Waals surface area contributed by atoms with E-state index in [4.69, 9.17) is 9.47 Å². The molecule has 0 saturated heterocycles. The summed E-state index contributed by atoms with van der Waals surface area (Å²) in [4.78, 5) is 68.6. The maximum absolute atomic E-state index is 13.5. The number of nitrogens with zero attached hydrogens (tertiary/aromatic N) is 2. The van der Waals surface area contributed by atoms with Gasteiger partial charge in [0.25, 0.3) is 17.7 Å². The third kappa shape index (κ3) is 12.6. The van der Waals surface area contributed by atoms with Crippen molar-refractivity contribution in [1.29, 1.82) is 0 Å². The Hall–Kier alpha value is -3.21. The van der Waals surface area contributed by atoms with E-state index in [1.54, 1.807) is 11.8 Å². The third-order valence-corrected chi connectivity index (χ3v) is 7.77. The van der Waals surface area contributed by atoms with Crippen LogP contribution in [0.1, 0.15) is 88.0 Å². The molecule has 0 aromatic rings. The van der Waals surface area contributed by atoms with E-state index in [0.29, 0.717) is 25.0 Å². The van der Waals surface area contributed by atoms with Crippen LogP contribution in [0.3, 0.4) is 0 Å². The minimum absolute atomic E-state index is 0.0270. The second-order valence-electron chi connectivity index (χ2n) is 13.6. The van der Waals surface area contributed by atoms with Crippen molar-refractivity contribution in [1.82, 2.24) is 20.4 Å². The van der Waals surface area contributed by atoms with E-state index in [0.717, 1.165) is 6.42 Å². The molecule has 6 atom stereocenters. The lowest BCUT2D eigenvalue weighted by Crippen LogP contribution is -2.53. The molecule has 11 heteroatoms. The summed E-state index contributed by atoms with van der Waals surface area (Å²) < 4.78 is 11.1. The Bertz CT molecular complexity index is 1080. The molecule has 1 aliphatic rings. The van der Waals surface area contributed by atoms with Crippen LogP contribution in [0.2, 0.25) is 0 Å². The van der Waals surface area contributed by atoms with Crippen molar-refractivity contribution in [2.45, 2.75) is 118 Å². The molecule has 1 aliphatic heterocycles. The Balaban J connectivity index is 3.04. The summed E-state index contributed by atoms with van der Waals surface area (Å²) >= 11 is 0. The van der Waals surface area contributed by atoms with Crippen LogP contribution in [0, 0.1) is 23.7 Å². The lowest BCUT2D eigenvalue weighted by Gasteiger charge is -2.30. The number of carbonyl (C=O) groups is 5. The second-order valence-corrected chi connectivity index (χ2v) is 13.6. The predicted molar refractivity (Wildman–Crippen MR) is 175 cm³/mol. The molecule has 0 spiro atoms. The first kappa shape index (κ1) is 39.8. The van der Waals surface area contributed by atoms with Gasteiger partial charge in [-0.15, -0.1) is 0 Å². The molecule has 1 heterocycles. The van der Waals surface area contributed by atoms with Crippen LogP contribution in [-0.4, -0.2) is 90.9 Å². The van der Waals surface area contributed by atoms with Gasteiger partial charge in [0.15, 0.2) is 6.10 Å². The highest BCUT2D eigenvalue weighted by Crippen LogP contribution is 2.26. The van der Waals surface area contributed by atoms with Crippen LogP contribution < -0.4 is 10.6 Å². The Morgan fingerprint density at radius 2 is 1.53 bits per heavy atom. The standard InChI is InChI=1S/C34H58N4O7/c1-13-23(8)31(37(10)11)34(43)45-28(18-22(6)7)33(42)36-25(16-20(2)3)32(41)35-24(9)14-15-29(39)38-26(17-21(4)5)27(44-12)19-30(38)40/h14-15,19-26,28,31H,13,16-18H2,1-12H3,(H,35,41)(H,36,42)/b15-14+/t23-,24-,25-,26-,28-,31-/m0/s1. The molecule has 0 aliphatic carbocycles. The number of likely N-dealkylation sites (N-methyl/N-ethyl adjacent to an activating group) is 1. The van der Waals surface area contributed by atoms with Crippen LogP contribution in [-0.2, 0) is 33.4 Å². The molecule has 2 N–H and O–H groups in total. The number of imide groups is 1. The highest BCUT2D eigenvalue weighted by atomic mass is 16.5. The van der Waals surface area contributed by atoms with Crippen molar-refractivity contribution in [2.75, 3.05) is 21.2 Å². The lowest BCUT2D eigenvalue weighted by molar-refractivity contribution is -0.163. The van der Waals surface area contributed by atoms with Gasteiger partial charge in [-0.05, 0) is 64.0 Å². The molecule has 0 aromatic carbocycles. The number of esters is 1. The summed E-state index contributed by atoms with van der Waals surface area (Å²) in [5, 5.41) is 5.66. The van der Waals surface area contributed by atoms with E-state index in [1.807, 2.05) is 69.5 Å². The van der Waals surface area contributed by atoms with Crippen LogP contribution in [0.5, 0.6) is 0 Å². The summed E-state index contributed by atoms with van der Waals surface area (Å²) in [5.74, 6) is -1.54. The first-order valence-electron chi connectivity index (χ1n) is 16.2. The molecule has 45 heavy (non-hydrogen) atoms. The van der Waals surface area contributed by atoms with Crippen molar-refractivity contribution in [3.8, 4) is 0 Å². The zero-order valence-corrected chi connectivity index (χ0v) is 29.5. The number of hydrogen-bond acceptors (Lipinski definition) is 8. The lowest BCUT2D eigenvalue weighted by atomic mass is 9.98. The van der Waals surface area contributed by atoms with E-state index in [2.05, 4.69) is 10.6 Å². The zero-order valence-electron chi connectivity index (χ0n) is 29.5. The summed E-state index contributed by atoms with van der Waals surface area (Å²) in [6.45, 7) is 17.4. The van der Waals surface area contributed by atoms with Gasteiger partial charge in [-0.25, -0.2) is 0 Å².